The first-order valence-electron chi connectivity index (χ1n) is 6.22. The van der Waals surface area contributed by atoms with Gasteiger partial charge >= 0.3 is 0 Å². The first kappa shape index (κ1) is 14.0. The molecule has 1 heterocycles. The molecule has 0 fully saturated rings. The van der Waals surface area contributed by atoms with Gasteiger partial charge in [0.1, 0.15) is 5.82 Å². The summed E-state index contributed by atoms with van der Waals surface area (Å²) in [4.78, 5) is 4.29. The Hall–Kier alpha value is -1.45. The smallest absolute Gasteiger partial charge is 0.142 e. The molecule has 1 atom stereocenters. The van der Waals surface area contributed by atoms with Crippen molar-refractivity contribution in [3.05, 3.63) is 64.2 Å². The fourth-order valence-corrected chi connectivity index (χ4v) is 2.09. The molecule has 0 aliphatic heterocycles. The summed E-state index contributed by atoms with van der Waals surface area (Å²) in [6.07, 6.45) is 1.81. The second-order valence-corrected chi connectivity index (χ2v) is 4.80. The molecule has 4 heteroatoms. The highest BCUT2D eigenvalue weighted by Gasteiger charge is 2.14. The summed E-state index contributed by atoms with van der Waals surface area (Å²) < 4.78 is 13.6. The maximum Gasteiger partial charge on any atom is 0.142 e. The zero-order valence-corrected chi connectivity index (χ0v) is 11.7. The minimum absolute atomic E-state index is 0.0788. The van der Waals surface area contributed by atoms with Crippen LogP contribution in [0.5, 0.6) is 0 Å². The van der Waals surface area contributed by atoms with Gasteiger partial charge in [0.15, 0.2) is 0 Å². The van der Waals surface area contributed by atoms with E-state index in [4.69, 9.17) is 11.6 Å². The Kier molecular flexibility index (Phi) is 4.51. The van der Waals surface area contributed by atoms with Crippen LogP contribution in [0.25, 0.3) is 0 Å². The Labute approximate surface area is 117 Å². The van der Waals surface area contributed by atoms with Gasteiger partial charge < -0.3 is 5.32 Å². The van der Waals surface area contributed by atoms with Gasteiger partial charge in [-0.3, -0.25) is 4.98 Å². The van der Waals surface area contributed by atoms with Crippen molar-refractivity contribution in [2.24, 2.45) is 0 Å². The van der Waals surface area contributed by atoms with Gasteiger partial charge in [0.2, 0.25) is 0 Å². The third-order valence-electron chi connectivity index (χ3n) is 2.95. The molecule has 0 saturated heterocycles. The first-order valence-corrected chi connectivity index (χ1v) is 6.60. The lowest BCUT2D eigenvalue weighted by Gasteiger charge is -2.19. The van der Waals surface area contributed by atoms with E-state index in [0.29, 0.717) is 0 Å². The predicted octanol–water partition coefficient (Wildman–Crippen LogP) is 3.88. The van der Waals surface area contributed by atoms with Crippen molar-refractivity contribution < 1.29 is 4.39 Å². The second-order valence-electron chi connectivity index (χ2n) is 4.40. The number of hydrogen-bond donors (Lipinski definition) is 1. The number of rotatable bonds is 4. The highest BCUT2D eigenvalue weighted by molar-refractivity contribution is 6.30. The number of nitrogens with one attached hydrogen (secondary N) is 1. The zero-order valence-electron chi connectivity index (χ0n) is 11.0. The molecular formula is C15H16ClFN2. The number of hydrogen-bond acceptors (Lipinski definition) is 2. The standard InChI is InChI=1S/C15H16ClFN2/c1-3-18-15(12-5-4-10(2)19-9-12)11-6-7-13(16)14(17)8-11/h4-9,15,18H,3H2,1-2H3. The molecule has 0 amide bonds. The minimum atomic E-state index is -0.401. The molecular weight excluding hydrogens is 263 g/mol. The van der Waals surface area contributed by atoms with Gasteiger partial charge in [0, 0.05) is 11.9 Å². The van der Waals surface area contributed by atoms with Crippen LogP contribution in [0.3, 0.4) is 0 Å². The van der Waals surface area contributed by atoms with E-state index in [1.54, 1.807) is 6.07 Å². The zero-order chi connectivity index (χ0) is 13.8. The van der Waals surface area contributed by atoms with Crippen molar-refractivity contribution in [2.45, 2.75) is 19.9 Å². The molecule has 19 heavy (non-hydrogen) atoms. The van der Waals surface area contributed by atoms with E-state index < -0.39 is 5.82 Å². The van der Waals surface area contributed by atoms with Gasteiger partial charge in [-0.2, -0.15) is 0 Å². The molecule has 2 aromatic rings. The van der Waals surface area contributed by atoms with E-state index >= 15 is 0 Å². The molecule has 0 radical (unpaired) electrons. The number of pyridine rings is 1. The Morgan fingerprint density at radius 2 is 2.00 bits per heavy atom. The average molecular weight is 279 g/mol. The molecule has 2 nitrogen and oxygen atoms in total. The molecule has 100 valence electrons. The number of aromatic nitrogens is 1. The summed E-state index contributed by atoms with van der Waals surface area (Å²) in [5.41, 5.74) is 2.81. The van der Waals surface area contributed by atoms with Gasteiger partial charge in [0.05, 0.1) is 11.1 Å². The molecule has 0 spiro atoms. The van der Waals surface area contributed by atoms with Crippen molar-refractivity contribution >= 4 is 11.6 Å². The van der Waals surface area contributed by atoms with Crippen LogP contribution in [0.4, 0.5) is 4.39 Å². The minimum Gasteiger partial charge on any atom is -0.306 e. The maximum absolute atomic E-state index is 13.6. The SMILES string of the molecule is CCNC(c1ccc(C)nc1)c1ccc(Cl)c(F)c1. The van der Waals surface area contributed by atoms with E-state index in [9.17, 15) is 4.39 Å². The Morgan fingerprint density at radius 1 is 1.26 bits per heavy atom. The summed E-state index contributed by atoms with van der Waals surface area (Å²) >= 11 is 5.72. The highest BCUT2D eigenvalue weighted by atomic mass is 35.5. The fourth-order valence-electron chi connectivity index (χ4n) is 1.97. The highest BCUT2D eigenvalue weighted by Crippen LogP contribution is 2.25. The Morgan fingerprint density at radius 3 is 2.58 bits per heavy atom. The summed E-state index contributed by atoms with van der Waals surface area (Å²) in [5, 5.41) is 3.47. The molecule has 0 aliphatic carbocycles. The van der Waals surface area contributed by atoms with Crippen LogP contribution in [0, 0.1) is 12.7 Å². The number of nitrogens with zero attached hydrogens (tertiary/aromatic N) is 1. The van der Waals surface area contributed by atoms with Gasteiger partial charge in [0.25, 0.3) is 0 Å². The largest absolute Gasteiger partial charge is 0.306 e. The van der Waals surface area contributed by atoms with Crippen LogP contribution >= 0.6 is 11.6 Å². The van der Waals surface area contributed by atoms with Crippen molar-refractivity contribution in [3.63, 3.8) is 0 Å². The number of halogens is 2. The Balaban J connectivity index is 2.38. The van der Waals surface area contributed by atoms with E-state index in [-0.39, 0.29) is 11.1 Å². The van der Waals surface area contributed by atoms with E-state index in [0.717, 1.165) is 23.4 Å². The first-order chi connectivity index (χ1) is 9.11. The maximum atomic E-state index is 13.6. The lowest BCUT2D eigenvalue weighted by molar-refractivity contribution is 0.602. The Bertz CT molecular complexity index is 555. The van der Waals surface area contributed by atoms with E-state index in [1.807, 2.05) is 38.2 Å². The summed E-state index contributed by atoms with van der Waals surface area (Å²) in [5.74, 6) is -0.401. The molecule has 0 saturated carbocycles. The van der Waals surface area contributed by atoms with Crippen molar-refractivity contribution in [2.75, 3.05) is 6.54 Å². The fraction of sp³-hybridized carbons (Fsp3) is 0.267. The van der Waals surface area contributed by atoms with Crippen molar-refractivity contribution in [3.8, 4) is 0 Å². The number of benzene rings is 1. The molecule has 1 N–H and O–H groups in total. The van der Waals surface area contributed by atoms with Crippen LogP contribution in [-0.2, 0) is 0 Å². The molecule has 1 unspecified atom stereocenters. The summed E-state index contributed by atoms with van der Waals surface area (Å²) in [6.45, 7) is 4.73. The molecule has 1 aromatic carbocycles. The van der Waals surface area contributed by atoms with Crippen LogP contribution in [0.2, 0.25) is 5.02 Å². The van der Waals surface area contributed by atoms with Crippen LogP contribution in [-0.4, -0.2) is 11.5 Å². The quantitative estimate of drug-likeness (QED) is 0.918. The predicted molar refractivity (Wildman–Crippen MR) is 75.9 cm³/mol. The number of aryl methyl sites for hydroxylation is 1. The molecule has 2 rings (SSSR count). The summed E-state index contributed by atoms with van der Waals surface area (Å²) in [7, 11) is 0. The van der Waals surface area contributed by atoms with Gasteiger partial charge in [-0.05, 0) is 42.8 Å². The second kappa shape index (κ2) is 6.13. The van der Waals surface area contributed by atoms with Gasteiger partial charge in [-0.15, -0.1) is 0 Å². The lowest BCUT2D eigenvalue weighted by Crippen LogP contribution is -2.22. The van der Waals surface area contributed by atoms with E-state index in [2.05, 4.69) is 10.3 Å². The van der Waals surface area contributed by atoms with Gasteiger partial charge in [-0.1, -0.05) is 30.7 Å². The van der Waals surface area contributed by atoms with E-state index in [1.165, 1.54) is 6.07 Å². The molecule has 0 aliphatic rings. The van der Waals surface area contributed by atoms with Crippen LogP contribution in [0.15, 0.2) is 36.5 Å². The lowest BCUT2D eigenvalue weighted by atomic mass is 10.00. The monoisotopic (exact) mass is 278 g/mol. The van der Waals surface area contributed by atoms with Gasteiger partial charge in [-0.25, -0.2) is 4.39 Å². The van der Waals surface area contributed by atoms with Crippen molar-refractivity contribution in [1.29, 1.82) is 0 Å². The van der Waals surface area contributed by atoms with Crippen LogP contribution < -0.4 is 5.32 Å². The van der Waals surface area contributed by atoms with Crippen LogP contribution in [0.1, 0.15) is 29.8 Å². The topological polar surface area (TPSA) is 24.9 Å². The summed E-state index contributed by atoms with van der Waals surface area (Å²) in [6, 6.07) is 8.75. The third kappa shape index (κ3) is 3.31. The average Bonchev–Trinajstić information content (AvgIpc) is 2.41. The van der Waals surface area contributed by atoms with Crippen molar-refractivity contribution in [1.82, 2.24) is 10.3 Å². The molecule has 1 aromatic heterocycles. The normalized spacial score (nSPS) is 12.4. The molecule has 0 bridgehead atoms. The third-order valence-corrected chi connectivity index (χ3v) is 3.26.